The summed E-state index contributed by atoms with van der Waals surface area (Å²) >= 11 is 0. The van der Waals surface area contributed by atoms with Gasteiger partial charge in [-0.15, -0.1) is 0 Å². The van der Waals surface area contributed by atoms with Crippen molar-refractivity contribution in [2.45, 2.75) is 59.4 Å². The Kier molecular flexibility index (Phi) is 6.35. The van der Waals surface area contributed by atoms with Crippen LogP contribution in [-0.2, 0) is 18.4 Å². The van der Waals surface area contributed by atoms with Gasteiger partial charge in [0.2, 0.25) is 0 Å². The van der Waals surface area contributed by atoms with E-state index in [0.717, 1.165) is 41.4 Å². The standard InChI is InChI=1S/C26H30F2N2O/c1-6-7-22-24(18-9-11-19(12-10-18)26(3,4)5)23(25(29)31)16(2)30(22)15-17-8-13-20(27)21(28)14-17/h8-14H,6-7,15H2,1-5H3,(H2,29,31). The largest absolute Gasteiger partial charge is 0.366 e. The van der Waals surface area contributed by atoms with Crippen LogP contribution in [0.1, 0.15) is 67.0 Å². The van der Waals surface area contributed by atoms with Crippen molar-refractivity contribution in [1.82, 2.24) is 4.57 Å². The topological polar surface area (TPSA) is 48.0 Å². The minimum atomic E-state index is -0.882. The fraction of sp³-hybridized carbons (Fsp3) is 0.346. The molecule has 3 nitrogen and oxygen atoms in total. The zero-order chi connectivity index (χ0) is 22.9. The summed E-state index contributed by atoms with van der Waals surface area (Å²) in [5.41, 5.74) is 11.6. The van der Waals surface area contributed by atoms with Gasteiger partial charge in [-0.05, 0) is 47.6 Å². The van der Waals surface area contributed by atoms with Crippen molar-refractivity contribution in [1.29, 1.82) is 0 Å². The third-order valence-corrected chi connectivity index (χ3v) is 5.73. The molecule has 0 bridgehead atoms. The number of carbonyl (C=O) groups excluding carboxylic acids is 1. The second-order valence-corrected chi connectivity index (χ2v) is 9.06. The Morgan fingerprint density at radius 3 is 2.19 bits per heavy atom. The highest BCUT2D eigenvalue weighted by Crippen LogP contribution is 2.35. The summed E-state index contributed by atoms with van der Waals surface area (Å²) in [7, 11) is 0. The number of rotatable bonds is 6. The second-order valence-electron chi connectivity index (χ2n) is 9.06. The lowest BCUT2D eigenvalue weighted by atomic mass is 9.86. The number of halogens is 2. The summed E-state index contributed by atoms with van der Waals surface area (Å²) in [4.78, 5) is 12.5. The van der Waals surface area contributed by atoms with Crippen molar-refractivity contribution in [3.8, 4) is 11.1 Å². The molecule has 0 aliphatic heterocycles. The van der Waals surface area contributed by atoms with Crippen molar-refractivity contribution in [3.05, 3.63) is 82.2 Å². The average molecular weight is 425 g/mol. The van der Waals surface area contributed by atoms with E-state index in [9.17, 15) is 13.6 Å². The normalized spacial score (nSPS) is 11.7. The van der Waals surface area contributed by atoms with Gasteiger partial charge in [0.15, 0.2) is 11.6 Å². The fourth-order valence-electron chi connectivity index (χ4n) is 4.08. The number of hydrogen-bond donors (Lipinski definition) is 1. The summed E-state index contributed by atoms with van der Waals surface area (Å²) in [6.45, 7) is 10.7. The molecule has 164 valence electrons. The number of benzene rings is 2. The first kappa shape index (κ1) is 22.7. The van der Waals surface area contributed by atoms with E-state index >= 15 is 0 Å². The lowest BCUT2D eigenvalue weighted by molar-refractivity contribution is 0.1000. The van der Waals surface area contributed by atoms with Crippen molar-refractivity contribution >= 4 is 5.91 Å². The summed E-state index contributed by atoms with van der Waals surface area (Å²) in [6.07, 6.45) is 1.60. The summed E-state index contributed by atoms with van der Waals surface area (Å²) in [5.74, 6) is -2.25. The predicted octanol–water partition coefficient (Wildman–Crippen LogP) is 6.14. The lowest BCUT2D eigenvalue weighted by Gasteiger charge is -2.19. The minimum absolute atomic E-state index is 0.0196. The Morgan fingerprint density at radius 1 is 1.03 bits per heavy atom. The molecular formula is C26H30F2N2O. The molecule has 3 rings (SSSR count). The van der Waals surface area contributed by atoms with E-state index in [0.29, 0.717) is 17.7 Å². The van der Waals surface area contributed by atoms with Crippen LogP contribution < -0.4 is 5.73 Å². The molecule has 1 heterocycles. The van der Waals surface area contributed by atoms with Crippen LogP contribution in [-0.4, -0.2) is 10.5 Å². The molecule has 0 saturated carbocycles. The maximum Gasteiger partial charge on any atom is 0.251 e. The number of nitrogens with zero attached hydrogens (tertiary/aromatic N) is 1. The van der Waals surface area contributed by atoms with Gasteiger partial charge in [-0.1, -0.05) is 64.4 Å². The summed E-state index contributed by atoms with van der Waals surface area (Å²) < 4.78 is 29.2. The second kappa shape index (κ2) is 8.66. The highest BCUT2D eigenvalue weighted by Gasteiger charge is 2.25. The van der Waals surface area contributed by atoms with Gasteiger partial charge in [-0.3, -0.25) is 4.79 Å². The first-order chi connectivity index (χ1) is 14.5. The van der Waals surface area contributed by atoms with Crippen LogP contribution in [0, 0.1) is 18.6 Å². The molecule has 1 aromatic heterocycles. The zero-order valence-electron chi connectivity index (χ0n) is 18.9. The molecule has 0 fully saturated rings. The Bertz CT molecular complexity index is 1110. The first-order valence-corrected chi connectivity index (χ1v) is 10.6. The summed E-state index contributed by atoms with van der Waals surface area (Å²) in [6, 6.07) is 12.1. The van der Waals surface area contributed by atoms with Gasteiger partial charge in [0.1, 0.15) is 0 Å². The van der Waals surface area contributed by atoms with Gasteiger partial charge < -0.3 is 10.3 Å². The minimum Gasteiger partial charge on any atom is -0.366 e. The molecule has 3 aromatic rings. The number of amides is 1. The molecule has 0 atom stereocenters. The highest BCUT2D eigenvalue weighted by atomic mass is 19.2. The number of aromatic nitrogens is 1. The number of nitrogens with two attached hydrogens (primary N) is 1. The van der Waals surface area contributed by atoms with Crippen molar-refractivity contribution < 1.29 is 13.6 Å². The lowest BCUT2D eigenvalue weighted by Crippen LogP contribution is -2.14. The SMILES string of the molecule is CCCc1c(-c2ccc(C(C)(C)C)cc2)c(C(N)=O)c(C)n1Cc1ccc(F)c(F)c1. The molecule has 5 heteroatoms. The molecule has 31 heavy (non-hydrogen) atoms. The van der Waals surface area contributed by atoms with Crippen LogP contribution in [0.4, 0.5) is 8.78 Å². The van der Waals surface area contributed by atoms with Crippen LogP contribution in [0.25, 0.3) is 11.1 Å². The molecule has 0 aliphatic carbocycles. The third-order valence-electron chi connectivity index (χ3n) is 5.73. The van der Waals surface area contributed by atoms with E-state index in [-0.39, 0.29) is 5.41 Å². The van der Waals surface area contributed by atoms with Crippen LogP contribution >= 0.6 is 0 Å². The monoisotopic (exact) mass is 424 g/mol. The van der Waals surface area contributed by atoms with Gasteiger partial charge in [0.25, 0.3) is 5.91 Å². The van der Waals surface area contributed by atoms with E-state index in [1.807, 2.05) is 23.6 Å². The van der Waals surface area contributed by atoms with Gasteiger partial charge in [-0.25, -0.2) is 8.78 Å². The van der Waals surface area contributed by atoms with E-state index in [1.165, 1.54) is 11.6 Å². The Hall–Kier alpha value is -2.95. The van der Waals surface area contributed by atoms with Crippen LogP contribution in [0.2, 0.25) is 0 Å². The maximum absolute atomic E-state index is 13.8. The van der Waals surface area contributed by atoms with Crippen LogP contribution in [0.15, 0.2) is 42.5 Å². The molecule has 2 aromatic carbocycles. The molecule has 0 saturated heterocycles. The third kappa shape index (κ3) is 4.55. The average Bonchev–Trinajstić information content (AvgIpc) is 2.96. The van der Waals surface area contributed by atoms with E-state index < -0.39 is 17.5 Å². The first-order valence-electron chi connectivity index (χ1n) is 10.6. The predicted molar refractivity (Wildman–Crippen MR) is 121 cm³/mol. The quantitative estimate of drug-likeness (QED) is 0.508. The van der Waals surface area contributed by atoms with Crippen LogP contribution in [0.5, 0.6) is 0 Å². The van der Waals surface area contributed by atoms with Gasteiger partial charge in [0.05, 0.1) is 5.56 Å². The molecule has 1 amide bonds. The Balaban J connectivity index is 2.19. The smallest absolute Gasteiger partial charge is 0.251 e. The maximum atomic E-state index is 13.8. The highest BCUT2D eigenvalue weighted by molar-refractivity contribution is 6.02. The van der Waals surface area contributed by atoms with Crippen molar-refractivity contribution in [2.24, 2.45) is 5.73 Å². The number of carbonyl (C=O) groups is 1. The van der Waals surface area contributed by atoms with Crippen molar-refractivity contribution in [3.63, 3.8) is 0 Å². The number of hydrogen-bond acceptors (Lipinski definition) is 1. The summed E-state index contributed by atoms with van der Waals surface area (Å²) in [5, 5.41) is 0. The molecule has 0 spiro atoms. The van der Waals surface area contributed by atoms with E-state index in [1.54, 1.807) is 6.07 Å². The zero-order valence-corrected chi connectivity index (χ0v) is 18.9. The van der Waals surface area contributed by atoms with Crippen LogP contribution in [0.3, 0.4) is 0 Å². The van der Waals surface area contributed by atoms with E-state index in [2.05, 4.69) is 39.8 Å². The Labute approximate surface area is 182 Å². The number of primary amides is 1. The van der Waals surface area contributed by atoms with Gasteiger partial charge in [-0.2, -0.15) is 0 Å². The van der Waals surface area contributed by atoms with E-state index in [4.69, 9.17) is 5.73 Å². The Morgan fingerprint density at radius 2 is 1.68 bits per heavy atom. The molecular weight excluding hydrogens is 394 g/mol. The molecule has 0 aliphatic rings. The molecule has 2 N–H and O–H groups in total. The van der Waals surface area contributed by atoms with Crippen molar-refractivity contribution in [2.75, 3.05) is 0 Å². The van der Waals surface area contributed by atoms with Gasteiger partial charge >= 0.3 is 0 Å². The molecule has 0 radical (unpaired) electrons. The van der Waals surface area contributed by atoms with Gasteiger partial charge in [0, 0.05) is 23.5 Å². The molecule has 0 unspecified atom stereocenters. The fourth-order valence-corrected chi connectivity index (χ4v) is 4.08.